The number of halogens is 1. The van der Waals surface area contributed by atoms with Crippen LogP contribution in [0.3, 0.4) is 0 Å². The lowest BCUT2D eigenvalue weighted by atomic mass is 9.99. The molecular weight excluding hydrogens is 403 g/mol. The molecule has 1 aliphatic rings. The van der Waals surface area contributed by atoms with Crippen molar-refractivity contribution in [2.45, 2.75) is 18.9 Å². The van der Waals surface area contributed by atoms with E-state index >= 15 is 0 Å². The Balaban J connectivity index is 1.93. The highest BCUT2D eigenvalue weighted by molar-refractivity contribution is 7.89. The van der Waals surface area contributed by atoms with Gasteiger partial charge in [-0.1, -0.05) is 0 Å². The Bertz CT molecular complexity index is 1090. The fraction of sp³-hybridized carbons (Fsp3) is 0.353. The molecule has 2 aromatic rings. The molecule has 2 N–H and O–H groups in total. The molecule has 0 bridgehead atoms. The number of rotatable bonds is 5. The van der Waals surface area contributed by atoms with E-state index in [0.29, 0.717) is 0 Å². The number of pyridine rings is 1. The number of nitrogens with zero attached hydrogens (tertiary/aromatic N) is 5. The predicted octanol–water partition coefficient (Wildman–Crippen LogP) is 0.250. The van der Waals surface area contributed by atoms with E-state index in [1.54, 1.807) is 0 Å². The van der Waals surface area contributed by atoms with Crippen molar-refractivity contribution in [2.75, 3.05) is 19.9 Å². The lowest BCUT2D eigenvalue weighted by Crippen LogP contribution is -2.50. The molecular formula is C17H19FN6O4S. The summed E-state index contributed by atoms with van der Waals surface area (Å²) in [5.41, 5.74) is 4.29. The smallest absolute Gasteiger partial charge is 0.239 e. The van der Waals surface area contributed by atoms with Crippen LogP contribution in [0.1, 0.15) is 28.8 Å². The number of carbonyl (C=O) groups excluding carboxylic acids is 1. The number of sulfonamides is 1. The molecule has 10 nitrogen and oxygen atoms in total. The number of hydrogen-bond acceptors (Lipinski definition) is 9. The van der Waals surface area contributed by atoms with E-state index in [9.17, 15) is 17.6 Å². The number of hydrogen-bond donors (Lipinski definition) is 1. The topological polar surface area (TPSA) is 141 Å². The Morgan fingerprint density at radius 3 is 2.66 bits per heavy atom. The summed E-state index contributed by atoms with van der Waals surface area (Å²) in [4.78, 5) is 28.6. The molecule has 12 heteroatoms. The Hall–Kier alpha value is -3.15. The molecule has 2 aromatic heterocycles. The Labute approximate surface area is 166 Å². The summed E-state index contributed by atoms with van der Waals surface area (Å²) in [6, 6.07) is 2.46. The van der Waals surface area contributed by atoms with Crippen molar-refractivity contribution in [3.63, 3.8) is 0 Å². The molecule has 29 heavy (non-hydrogen) atoms. The van der Waals surface area contributed by atoms with Crippen molar-refractivity contribution in [3.05, 3.63) is 47.4 Å². The third-order valence-electron chi connectivity index (χ3n) is 4.44. The molecule has 0 fully saturated rings. The minimum Gasteiger partial charge on any atom is -0.480 e. The zero-order valence-electron chi connectivity index (χ0n) is 16.0. The molecule has 154 valence electrons. The largest absolute Gasteiger partial charge is 0.480 e. The summed E-state index contributed by atoms with van der Waals surface area (Å²) < 4.78 is 44.9. The fourth-order valence-electron chi connectivity index (χ4n) is 2.85. The van der Waals surface area contributed by atoms with Crippen LogP contribution in [0.5, 0.6) is 5.88 Å². The molecule has 3 rings (SSSR count). The molecule has 0 unspecified atom stereocenters. The molecule has 3 heterocycles. The molecule has 0 aliphatic carbocycles. The van der Waals surface area contributed by atoms with Crippen LogP contribution in [0.25, 0.3) is 0 Å². The second-order valence-electron chi connectivity index (χ2n) is 6.64. The summed E-state index contributed by atoms with van der Waals surface area (Å²) >= 11 is 0. The van der Waals surface area contributed by atoms with Crippen molar-refractivity contribution < 1.29 is 22.3 Å². The monoisotopic (exact) mass is 422 g/mol. The first-order chi connectivity index (χ1) is 13.6. The number of methoxy groups -OCH3 is 1. The summed E-state index contributed by atoms with van der Waals surface area (Å²) in [6.45, 7) is 1.43. The summed E-state index contributed by atoms with van der Waals surface area (Å²) in [7, 11) is -1.10. The molecule has 1 atom stereocenters. The van der Waals surface area contributed by atoms with Crippen LogP contribution in [0.2, 0.25) is 0 Å². The normalized spacial score (nSPS) is 20.8. The maximum atomic E-state index is 14.5. The molecule has 0 spiro atoms. The number of nitrogens with two attached hydrogens (primary N) is 1. The highest BCUT2D eigenvalue weighted by Gasteiger charge is 2.42. The number of guanidine groups is 1. The van der Waals surface area contributed by atoms with E-state index in [-0.39, 0.29) is 35.3 Å². The molecule has 0 radical (unpaired) electrons. The number of carbonyl (C=O) groups is 1. The van der Waals surface area contributed by atoms with Crippen LogP contribution in [0, 0.1) is 5.82 Å². The van der Waals surface area contributed by atoms with Gasteiger partial charge in [0.15, 0.2) is 5.78 Å². The quantitative estimate of drug-likeness (QED) is 0.676. The highest BCUT2D eigenvalue weighted by atomic mass is 32.2. The number of ether oxygens (including phenoxy) is 1. The summed E-state index contributed by atoms with van der Waals surface area (Å²) in [5, 5.41) is 0. The number of ketones is 1. The summed E-state index contributed by atoms with van der Waals surface area (Å²) in [6.07, 6.45) is 2.39. The van der Waals surface area contributed by atoms with Gasteiger partial charge in [0.05, 0.1) is 25.9 Å². The van der Waals surface area contributed by atoms with Crippen molar-refractivity contribution in [2.24, 2.45) is 10.7 Å². The second-order valence-corrected chi connectivity index (χ2v) is 8.64. The predicted molar refractivity (Wildman–Crippen MR) is 101 cm³/mol. The van der Waals surface area contributed by atoms with Gasteiger partial charge in [-0.2, -0.15) is 0 Å². The van der Waals surface area contributed by atoms with Crippen molar-refractivity contribution in [1.29, 1.82) is 0 Å². The van der Waals surface area contributed by atoms with Gasteiger partial charge in [-0.05, 0) is 19.1 Å². The molecule has 0 amide bonds. The Kier molecular flexibility index (Phi) is 5.22. The molecule has 0 saturated carbocycles. The van der Waals surface area contributed by atoms with E-state index in [1.165, 1.54) is 39.5 Å². The van der Waals surface area contributed by atoms with E-state index in [1.807, 2.05) is 0 Å². The standard InChI is InChI=1S/C17H19FN6O4S/c1-17(9-29(26,27)24(2)16(19)23-17)15-11(18)5-4-10(22-15)6-13(25)12-7-21-14(28-3)8-20-12/h4-5,7-8H,6,9H2,1-3H3,(H2,19,23)/t17-/m0/s1. The van der Waals surface area contributed by atoms with Crippen molar-refractivity contribution in [1.82, 2.24) is 19.3 Å². The Morgan fingerprint density at radius 1 is 1.34 bits per heavy atom. The maximum Gasteiger partial charge on any atom is 0.239 e. The third-order valence-corrected chi connectivity index (χ3v) is 6.39. The SMILES string of the molecule is COc1cnc(C(=O)Cc2ccc(F)c([C@]3(C)CS(=O)(=O)N(C)C(N)=N3)n2)cn1. The fourth-order valence-corrected chi connectivity index (χ4v) is 4.28. The first kappa shape index (κ1) is 20.6. The Morgan fingerprint density at radius 2 is 2.07 bits per heavy atom. The molecule has 1 aliphatic heterocycles. The van der Waals surface area contributed by atoms with Crippen molar-refractivity contribution in [3.8, 4) is 5.88 Å². The van der Waals surface area contributed by atoms with Gasteiger partial charge >= 0.3 is 0 Å². The zero-order valence-corrected chi connectivity index (χ0v) is 16.8. The molecule has 0 aromatic carbocycles. The lowest BCUT2D eigenvalue weighted by Gasteiger charge is -2.33. The molecule has 0 saturated heterocycles. The van der Waals surface area contributed by atoms with Gasteiger partial charge in [0.2, 0.25) is 21.9 Å². The van der Waals surface area contributed by atoms with Crippen LogP contribution in [-0.2, 0) is 22.0 Å². The third kappa shape index (κ3) is 4.01. The maximum absolute atomic E-state index is 14.5. The van der Waals surface area contributed by atoms with Gasteiger partial charge in [0.1, 0.15) is 28.5 Å². The van der Waals surface area contributed by atoms with E-state index in [4.69, 9.17) is 10.5 Å². The highest BCUT2D eigenvalue weighted by Crippen LogP contribution is 2.32. The van der Waals surface area contributed by atoms with Crippen LogP contribution in [0.4, 0.5) is 4.39 Å². The zero-order chi connectivity index (χ0) is 21.4. The number of aromatic nitrogens is 3. The minimum atomic E-state index is -3.79. The van der Waals surface area contributed by atoms with Gasteiger partial charge in [0.25, 0.3) is 0 Å². The summed E-state index contributed by atoms with van der Waals surface area (Å²) in [5.74, 6) is -1.66. The van der Waals surface area contributed by atoms with Crippen molar-refractivity contribution >= 4 is 21.8 Å². The van der Waals surface area contributed by atoms with Crippen LogP contribution >= 0.6 is 0 Å². The first-order valence-electron chi connectivity index (χ1n) is 8.43. The second kappa shape index (κ2) is 7.35. The lowest BCUT2D eigenvalue weighted by molar-refractivity contribution is 0.0986. The van der Waals surface area contributed by atoms with Gasteiger partial charge < -0.3 is 10.5 Å². The van der Waals surface area contributed by atoms with Gasteiger partial charge in [-0.25, -0.2) is 32.1 Å². The number of aliphatic imine (C=N–C) groups is 1. The first-order valence-corrected chi connectivity index (χ1v) is 10.0. The average Bonchev–Trinajstić information content (AvgIpc) is 2.67. The van der Waals surface area contributed by atoms with E-state index in [0.717, 1.165) is 10.4 Å². The van der Waals surface area contributed by atoms with E-state index < -0.39 is 32.9 Å². The number of Topliss-reactive ketones (excluding diaryl/α,β-unsaturated/α-hetero) is 1. The van der Waals surface area contributed by atoms with E-state index in [2.05, 4.69) is 19.9 Å². The minimum absolute atomic E-state index is 0.0915. The van der Waals surface area contributed by atoms with Crippen LogP contribution in [-0.4, -0.2) is 59.3 Å². The van der Waals surface area contributed by atoms with Crippen LogP contribution < -0.4 is 10.5 Å². The van der Waals surface area contributed by atoms with Gasteiger partial charge in [-0.15, -0.1) is 0 Å². The average molecular weight is 422 g/mol. The van der Waals surface area contributed by atoms with Crippen LogP contribution in [0.15, 0.2) is 29.5 Å². The van der Waals surface area contributed by atoms with Gasteiger partial charge in [0, 0.05) is 12.7 Å². The van der Waals surface area contributed by atoms with Gasteiger partial charge in [-0.3, -0.25) is 9.78 Å².